The standard InChI is InChI=1S/C26H37N3O2S/c1-25(31)8-6-18-17(11-25)4-5-20-19(18)7-9-26(2)21(10-23(32-3)24(20)26)22(30)15-29-14-16(12-27)13-28-29/h13-14,17-21,23-24,31H,4-11,15H2,1-3H3/t17-,18+,19-,20-,21-,23?,24-,25-,26-/m1/s1. The molecule has 1 aromatic heterocycles. The highest BCUT2D eigenvalue weighted by molar-refractivity contribution is 7.99. The van der Waals surface area contributed by atoms with Gasteiger partial charge in [0, 0.05) is 17.4 Å². The van der Waals surface area contributed by atoms with Crippen molar-refractivity contribution in [1.29, 1.82) is 5.26 Å². The number of hydrogen-bond donors (Lipinski definition) is 1. The molecule has 0 saturated heterocycles. The molecule has 0 bridgehead atoms. The normalized spacial score (nSPS) is 45.4. The van der Waals surface area contributed by atoms with Crippen molar-refractivity contribution in [2.45, 2.75) is 82.6 Å². The molecule has 4 saturated carbocycles. The Bertz CT molecular complexity index is 920. The molecule has 4 aliphatic carbocycles. The molecular formula is C26H37N3O2S. The molecule has 174 valence electrons. The van der Waals surface area contributed by atoms with Gasteiger partial charge in [-0.15, -0.1) is 0 Å². The van der Waals surface area contributed by atoms with Gasteiger partial charge in [-0.25, -0.2) is 0 Å². The van der Waals surface area contributed by atoms with Gasteiger partial charge >= 0.3 is 0 Å². The van der Waals surface area contributed by atoms with E-state index in [9.17, 15) is 9.90 Å². The van der Waals surface area contributed by atoms with Crippen LogP contribution in [0.5, 0.6) is 0 Å². The molecule has 0 amide bonds. The second-order valence-electron chi connectivity index (χ2n) is 11.7. The lowest BCUT2D eigenvalue weighted by molar-refractivity contribution is -0.133. The van der Waals surface area contributed by atoms with E-state index in [0.29, 0.717) is 28.4 Å². The second-order valence-corrected chi connectivity index (χ2v) is 12.8. The number of thioether (sulfide) groups is 1. The van der Waals surface area contributed by atoms with Crippen molar-refractivity contribution < 1.29 is 9.90 Å². The summed E-state index contributed by atoms with van der Waals surface area (Å²) in [6, 6.07) is 2.10. The minimum absolute atomic E-state index is 0.0735. The van der Waals surface area contributed by atoms with Gasteiger partial charge in [0.15, 0.2) is 5.78 Å². The Balaban J connectivity index is 1.37. The van der Waals surface area contributed by atoms with Crippen LogP contribution >= 0.6 is 11.8 Å². The SMILES string of the molecule is CSC1C[C@H](C(=O)Cn2cc(C#N)cn2)[C@@]2(C)CC[C@H]3[C@@H](CC[C@@H]4C[C@](C)(O)CC[C@@H]43)[C@H]12. The van der Waals surface area contributed by atoms with Crippen LogP contribution in [0.25, 0.3) is 0 Å². The molecule has 1 heterocycles. The minimum Gasteiger partial charge on any atom is -0.390 e. The summed E-state index contributed by atoms with van der Waals surface area (Å²) in [4.78, 5) is 13.5. The largest absolute Gasteiger partial charge is 0.390 e. The first-order valence-corrected chi connectivity index (χ1v) is 13.7. The number of nitrogens with zero attached hydrogens (tertiary/aromatic N) is 3. The molecule has 1 aromatic rings. The number of carbonyl (C=O) groups is 1. The average molecular weight is 456 g/mol. The molecule has 0 spiro atoms. The second kappa shape index (κ2) is 8.17. The number of ketones is 1. The number of aromatic nitrogens is 2. The molecule has 0 aromatic carbocycles. The molecule has 5 nitrogen and oxygen atoms in total. The van der Waals surface area contributed by atoms with E-state index in [-0.39, 0.29) is 17.9 Å². The van der Waals surface area contributed by atoms with Gasteiger partial charge in [0.2, 0.25) is 0 Å². The lowest BCUT2D eigenvalue weighted by Crippen LogP contribution is -2.52. The molecule has 32 heavy (non-hydrogen) atoms. The molecule has 5 rings (SSSR count). The van der Waals surface area contributed by atoms with Crippen LogP contribution in [0.15, 0.2) is 12.4 Å². The number of Topliss-reactive ketones (excluding diaryl/α,β-unsaturated/α-hetero) is 1. The Morgan fingerprint density at radius 2 is 2.03 bits per heavy atom. The Hall–Kier alpha value is -1.32. The van der Waals surface area contributed by atoms with Crippen LogP contribution in [0, 0.1) is 52.3 Å². The van der Waals surface area contributed by atoms with E-state index in [4.69, 9.17) is 5.26 Å². The summed E-state index contributed by atoms with van der Waals surface area (Å²) in [5, 5.41) is 24.5. The van der Waals surface area contributed by atoms with Crippen LogP contribution in [-0.4, -0.2) is 37.8 Å². The third-order valence-corrected chi connectivity index (χ3v) is 11.1. The number of hydrogen-bond acceptors (Lipinski definition) is 5. The number of aliphatic hydroxyl groups is 1. The van der Waals surface area contributed by atoms with E-state index in [1.54, 1.807) is 17.1 Å². The van der Waals surface area contributed by atoms with Crippen LogP contribution in [-0.2, 0) is 11.3 Å². The monoisotopic (exact) mass is 455 g/mol. The summed E-state index contributed by atoms with van der Waals surface area (Å²) in [5.74, 6) is 3.95. The van der Waals surface area contributed by atoms with Crippen molar-refractivity contribution in [3.05, 3.63) is 18.0 Å². The molecule has 1 N–H and O–H groups in total. The highest BCUT2D eigenvalue weighted by Gasteiger charge is 2.61. The van der Waals surface area contributed by atoms with E-state index >= 15 is 0 Å². The predicted octanol–water partition coefficient (Wildman–Crippen LogP) is 4.69. The van der Waals surface area contributed by atoms with Crippen molar-refractivity contribution in [3.8, 4) is 6.07 Å². The summed E-state index contributed by atoms with van der Waals surface area (Å²) < 4.78 is 1.65. The van der Waals surface area contributed by atoms with Gasteiger partial charge in [-0.05, 0) is 99.6 Å². The van der Waals surface area contributed by atoms with Crippen molar-refractivity contribution in [2.75, 3.05) is 6.26 Å². The fourth-order valence-electron chi connectivity index (χ4n) is 8.63. The van der Waals surface area contributed by atoms with Gasteiger partial charge in [-0.2, -0.15) is 22.1 Å². The molecule has 4 aliphatic rings. The Morgan fingerprint density at radius 3 is 2.75 bits per heavy atom. The lowest BCUT2D eigenvalue weighted by atomic mass is 9.49. The van der Waals surface area contributed by atoms with Crippen molar-refractivity contribution in [1.82, 2.24) is 9.78 Å². The summed E-state index contributed by atoms with van der Waals surface area (Å²) in [7, 11) is 0. The van der Waals surface area contributed by atoms with Gasteiger partial charge < -0.3 is 5.11 Å². The number of fused-ring (bicyclic) bond motifs is 5. The van der Waals surface area contributed by atoms with Crippen LogP contribution < -0.4 is 0 Å². The maximum atomic E-state index is 13.5. The van der Waals surface area contributed by atoms with E-state index in [1.807, 2.05) is 18.7 Å². The first-order valence-electron chi connectivity index (χ1n) is 12.5. The highest BCUT2D eigenvalue weighted by Crippen LogP contribution is 2.66. The number of carbonyl (C=O) groups excluding carboxylic acids is 1. The predicted molar refractivity (Wildman–Crippen MR) is 126 cm³/mol. The van der Waals surface area contributed by atoms with Crippen molar-refractivity contribution >= 4 is 17.5 Å². The smallest absolute Gasteiger partial charge is 0.157 e. The van der Waals surface area contributed by atoms with Crippen LogP contribution in [0.1, 0.15) is 70.8 Å². The third kappa shape index (κ3) is 3.64. The lowest BCUT2D eigenvalue weighted by Gasteiger charge is -2.57. The third-order valence-electron chi connectivity index (χ3n) is 9.97. The average Bonchev–Trinajstić information content (AvgIpc) is 3.33. The maximum Gasteiger partial charge on any atom is 0.157 e. The van der Waals surface area contributed by atoms with Gasteiger partial charge in [-0.1, -0.05) is 6.92 Å². The zero-order chi connectivity index (χ0) is 22.7. The van der Waals surface area contributed by atoms with E-state index in [0.717, 1.165) is 43.4 Å². The molecule has 0 aliphatic heterocycles. The summed E-state index contributed by atoms with van der Waals surface area (Å²) in [5.41, 5.74) is 0.116. The maximum absolute atomic E-state index is 13.5. The number of rotatable bonds is 4. The Labute approximate surface area is 196 Å². The van der Waals surface area contributed by atoms with Gasteiger partial charge in [-0.3, -0.25) is 9.48 Å². The number of nitriles is 1. The summed E-state index contributed by atoms with van der Waals surface area (Å²) in [6.07, 6.45) is 14.5. The fourth-order valence-corrected chi connectivity index (χ4v) is 9.82. The fraction of sp³-hybridized carbons (Fsp3) is 0.808. The van der Waals surface area contributed by atoms with Gasteiger partial charge in [0.1, 0.15) is 6.07 Å². The zero-order valence-electron chi connectivity index (χ0n) is 19.7. The molecular weight excluding hydrogens is 418 g/mol. The van der Waals surface area contributed by atoms with Gasteiger partial charge in [0.25, 0.3) is 0 Å². The molecule has 4 fully saturated rings. The first-order chi connectivity index (χ1) is 15.3. The summed E-state index contributed by atoms with van der Waals surface area (Å²) in [6.45, 7) is 4.72. The van der Waals surface area contributed by atoms with Crippen LogP contribution in [0.2, 0.25) is 0 Å². The Morgan fingerprint density at radius 1 is 1.25 bits per heavy atom. The topological polar surface area (TPSA) is 78.9 Å². The molecule has 0 radical (unpaired) electrons. The molecule has 9 atom stereocenters. The van der Waals surface area contributed by atoms with E-state index in [1.165, 1.54) is 25.7 Å². The summed E-state index contributed by atoms with van der Waals surface area (Å²) >= 11 is 1.98. The van der Waals surface area contributed by atoms with Crippen LogP contribution in [0.3, 0.4) is 0 Å². The van der Waals surface area contributed by atoms with Crippen LogP contribution in [0.4, 0.5) is 0 Å². The first kappa shape index (κ1) is 22.5. The zero-order valence-corrected chi connectivity index (χ0v) is 20.5. The van der Waals surface area contributed by atoms with Crippen molar-refractivity contribution in [2.24, 2.45) is 40.9 Å². The van der Waals surface area contributed by atoms with Crippen molar-refractivity contribution in [3.63, 3.8) is 0 Å². The van der Waals surface area contributed by atoms with Gasteiger partial charge in [0.05, 0.1) is 23.9 Å². The molecule has 1 unspecified atom stereocenters. The Kier molecular flexibility index (Phi) is 5.73. The molecule has 6 heteroatoms. The highest BCUT2D eigenvalue weighted by atomic mass is 32.2. The minimum atomic E-state index is -0.470. The quantitative estimate of drug-likeness (QED) is 0.713. The van der Waals surface area contributed by atoms with E-state index < -0.39 is 5.60 Å². The van der Waals surface area contributed by atoms with E-state index in [2.05, 4.69) is 24.3 Å².